The molecule has 1 atom stereocenters. The van der Waals surface area contributed by atoms with Crippen molar-refractivity contribution in [3.8, 4) is 0 Å². The minimum atomic E-state index is -3.47. The monoisotopic (exact) mass is 282 g/mol. The predicted octanol–water partition coefficient (Wildman–Crippen LogP) is 1.72. The van der Waals surface area contributed by atoms with Crippen molar-refractivity contribution in [1.29, 1.82) is 0 Å². The molecule has 0 bridgehead atoms. The van der Waals surface area contributed by atoms with Crippen LogP contribution in [0.1, 0.15) is 26.7 Å². The Bertz CT molecular complexity index is 562. The van der Waals surface area contributed by atoms with Crippen molar-refractivity contribution >= 4 is 21.6 Å². The molecule has 0 spiro atoms. The molecule has 0 heterocycles. The third-order valence-corrected chi connectivity index (χ3v) is 4.73. The van der Waals surface area contributed by atoms with Gasteiger partial charge in [-0.1, -0.05) is 0 Å². The first-order valence-corrected chi connectivity index (χ1v) is 7.77. The SMILES string of the molecule is CC(=O)Nc1ccc(S(=O)(=O)N[C@@H](C)C2CC2)cc1. The molecule has 1 aromatic rings. The minimum absolute atomic E-state index is 0.0278. The second-order valence-corrected chi connectivity index (χ2v) is 6.67. The lowest BCUT2D eigenvalue weighted by molar-refractivity contribution is -0.114. The summed E-state index contributed by atoms with van der Waals surface area (Å²) >= 11 is 0. The lowest BCUT2D eigenvalue weighted by atomic mass is 10.2. The summed E-state index contributed by atoms with van der Waals surface area (Å²) in [5, 5.41) is 2.60. The van der Waals surface area contributed by atoms with E-state index in [-0.39, 0.29) is 16.8 Å². The van der Waals surface area contributed by atoms with E-state index in [1.165, 1.54) is 19.1 Å². The van der Waals surface area contributed by atoms with Crippen LogP contribution in [0.15, 0.2) is 29.2 Å². The van der Waals surface area contributed by atoms with Crippen LogP contribution >= 0.6 is 0 Å². The molecule has 0 aliphatic heterocycles. The van der Waals surface area contributed by atoms with Gasteiger partial charge >= 0.3 is 0 Å². The van der Waals surface area contributed by atoms with Crippen LogP contribution in [-0.4, -0.2) is 20.4 Å². The highest BCUT2D eigenvalue weighted by atomic mass is 32.2. The van der Waals surface area contributed by atoms with Gasteiger partial charge in [-0.2, -0.15) is 0 Å². The first-order valence-electron chi connectivity index (χ1n) is 6.28. The van der Waals surface area contributed by atoms with Crippen LogP contribution in [0.2, 0.25) is 0 Å². The summed E-state index contributed by atoms with van der Waals surface area (Å²) < 4.78 is 26.9. The maximum absolute atomic E-state index is 12.1. The van der Waals surface area contributed by atoms with E-state index in [4.69, 9.17) is 0 Å². The van der Waals surface area contributed by atoms with Crippen molar-refractivity contribution in [1.82, 2.24) is 4.72 Å². The Balaban J connectivity index is 2.09. The molecule has 2 rings (SSSR count). The van der Waals surface area contributed by atoms with Gasteiger partial charge in [0.25, 0.3) is 0 Å². The Labute approximate surface area is 113 Å². The van der Waals surface area contributed by atoms with E-state index in [1.807, 2.05) is 6.92 Å². The molecule has 5 nitrogen and oxygen atoms in total. The van der Waals surface area contributed by atoms with E-state index in [0.717, 1.165) is 12.8 Å². The van der Waals surface area contributed by atoms with Crippen molar-refractivity contribution in [2.24, 2.45) is 5.92 Å². The maximum Gasteiger partial charge on any atom is 0.240 e. The van der Waals surface area contributed by atoms with E-state index in [2.05, 4.69) is 10.0 Å². The van der Waals surface area contributed by atoms with Gasteiger partial charge in [0, 0.05) is 18.7 Å². The summed E-state index contributed by atoms with van der Waals surface area (Å²) in [5.74, 6) is 0.282. The fourth-order valence-electron chi connectivity index (χ4n) is 1.93. The maximum atomic E-state index is 12.1. The summed E-state index contributed by atoms with van der Waals surface area (Å²) in [6.07, 6.45) is 2.18. The molecule has 6 heteroatoms. The number of hydrogen-bond donors (Lipinski definition) is 2. The van der Waals surface area contributed by atoms with Crippen molar-refractivity contribution in [2.75, 3.05) is 5.32 Å². The van der Waals surface area contributed by atoms with Gasteiger partial charge < -0.3 is 5.32 Å². The molecule has 0 aromatic heterocycles. The Morgan fingerprint density at radius 2 is 1.84 bits per heavy atom. The number of amides is 1. The van der Waals surface area contributed by atoms with Crippen LogP contribution in [-0.2, 0) is 14.8 Å². The molecule has 104 valence electrons. The Hall–Kier alpha value is -1.40. The number of carbonyl (C=O) groups excluding carboxylic acids is 1. The Kier molecular flexibility index (Phi) is 3.91. The third kappa shape index (κ3) is 3.78. The number of rotatable bonds is 5. The van der Waals surface area contributed by atoms with Crippen LogP contribution < -0.4 is 10.0 Å². The highest BCUT2D eigenvalue weighted by Crippen LogP contribution is 2.33. The normalized spacial score (nSPS) is 16.9. The second kappa shape index (κ2) is 5.30. The van der Waals surface area contributed by atoms with E-state index < -0.39 is 10.0 Å². The molecule has 0 radical (unpaired) electrons. The van der Waals surface area contributed by atoms with Gasteiger partial charge in [-0.05, 0) is 49.9 Å². The van der Waals surface area contributed by atoms with Gasteiger partial charge in [-0.25, -0.2) is 13.1 Å². The molecule has 0 unspecified atom stereocenters. The minimum Gasteiger partial charge on any atom is -0.326 e. The number of nitrogens with one attached hydrogen (secondary N) is 2. The molecule has 1 fully saturated rings. The largest absolute Gasteiger partial charge is 0.326 e. The smallest absolute Gasteiger partial charge is 0.240 e. The first-order chi connectivity index (χ1) is 8.88. The van der Waals surface area contributed by atoms with Gasteiger partial charge in [0.1, 0.15) is 0 Å². The van der Waals surface area contributed by atoms with Crippen molar-refractivity contribution in [2.45, 2.75) is 37.6 Å². The van der Waals surface area contributed by atoms with Crippen molar-refractivity contribution in [3.63, 3.8) is 0 Å². The highest BCUT2D eigenvalue weighted by molar-refractivity contribution is 7.89. The van der Waals surface area contributed by atoms with Crippen LogP contribution in [0.25, 0.3) is 0 Å². The zero-order valence-corrected chi connectivity index (χ0v) is 11.8. The van der Waals surface area contributed by atoms with Crippen molar-refractivity contribution < 1.29 is 13.2 Å². The fraction of sp³-hybridized carbons (Fsp3) is 0.462. The van der Waals surface area contributed by atoms with Crippen LogP contribution in [0.4, 0.5) is 5.69 Å². The summed E-state index contributed by atoms with van der Waals surface area (Å²) in [6, 6.07) is 6.12. The number of anilines is 1. The van der Waals surface area contributed by atoms with Gasteiger partial charge in [0.05, 0.1) is 4.90 Å². The summed E-state index contributed by atoms with van der Waals surface area (Å²) in [6.45, 7) is 3.30. The lowest BCUT2D eigenvalue weighted by Gasteiger charge is -2.13. The summed E-state index contributed by atoms with van der Waals surface area (Å²) in [5.41, 5.74) is 0.585. The average molecular weight is 282 g/mol. The van der Waals surface area contributed by atoms with Crippen LogP contribution in [0, 0.1) is 5.92 Å². The molecule has 1 aromatic carbocycles. The number of benzene rings is 1. The zero-order valence-electron chi connectivity index (χ0n) is 11.0. The molecular formula is C13H18N2O3S. The zero-order chi connectivity index (χ0) is 14.0. The van der Waals surface area contributed by atoms with Crippen LogP contribution in [0.3, 0.4) is 0 Å². The summed E-state index contributed by atoms with van der Waals surface area (Å²) in [7, 11) is -3.47. The molecule has 1 aliphatic rings. The number of sulfonamides is 1. The van der Waals surface area contributed by atoms with Crippen LogP contribution in [0.5, 0.6) is 0 Å². The summed E-state index contributed by atoms with van der Waals surface area (Å²) in [4.78, 5) is 11.1. The standard InChI is InChI=1S/C13H18N2O3S/c1-9(11-3-4-11)15-19(17,18)13-7-5-12(6-8-13)14-10(2)16/h5-9,11,15H,3-4H2,1-2H3,(H,14,16)/t9-/m0/s1. The lowest BCUT2D eigenvalue weighted by Crippen LogP contribution is -2.33. The van der Waals surface area contributed by atoms with Gasteiger partial charge in [-0.15, -0.1) is 0 Å². The molecule has 1 aliphatic carbocycles. The second-order valence-electron chi connectivity index (χ2n) is 4.95. The van der Waals surface area contributed by atoms with Gasteiger partial charge in [0.2, 0.25) is 15.9 Å². The van der Waals surface area contributed by atoms with E-state index in [1.54, 1.807) is 12.1 Å². The number of hydrogen-bond acceptors (Lipinski definition) is 3. The quantitative estimate of drug-likeness (QED) is 0.863. The molecular weight excluding hydrogens is 264 g/mol. The highest BCUT2D eigenvalue weighted by Gasteiger charge is 2.31. The average Bonchev–Trinajstić information content (AvgIpc) is 3.11. The van der Waals surface area contributed by atoms with Gasteiger partial charge in [-0.3, -0.25) is 4.79 Å². The third-order valence-electron chi connectivity index (χ3n) is 3.16. The topological polar surface area (TPSA) is 75.3 Å². The molecule has 1 amide bonds. The Morgan fingerprint density at radius 1 is 1.26 bits per heavy atom. The van der Waals surface area contributed by atoms with E-state index in [9.17, 15) is 13.2 Å². The van der Waals surface area contributed by atoms with E-state index in [0.29, 0.717) is 11.6 Å². The predicted molar refractivity (Wildman–Crippen MR) is 73.3 cm³/mol. The number of carbonyl (C=O) groups is 1. The molecule has 19 heavy (non-hydrogen) atoms. The molecule has 1 saturated carbocycles. The van der Waals surface area contributed by atoms with Gasteiger partial charge in [0.15, 0.2) is 0 Å². The Morgan fingerprint density at radius 3 is 2.32 bits per heavy atom. The molecule has 0 saturated heterocycles. The van der Waals surface area contributed by atoms with E-state index >= 15 is 0 Å². The molecule has 2 N–H and O–H groups in total. The van der Waals surface area contributed by atoms with Crippen molar-refractivity contribution in [3.05, 3.63) is 24.3 Å². The first kappa shape index (κ1) is 14.0. The fourth-order valence-corrected chi connectivity index (χ4v) is 3.24.